The average Bonchev–Trinajstić information content (AvgIpc) is 2.47. The van der Waals surface area contributed by atoms with Crippen LogP contribution in [0.1, 0.15) is 17.9 Å². The van der Waals surface area contributed by atoms with Gasteiger partial charge < -0.3 is 24.2 Å². The van der Waals surface area contributed by atoms with Gasteiger partial charge in [0.05, 0.1) is 27.4 Å². The topological polar surface area (TPSA) is 51.2 Å². The van der Waals surface area contributed by atoms with Gasteiger partial charge in [0.25, 0.3) is 0 Å². The Bertz CT molecular complexity index is 509. The number of likely N-dealkylation sites (N-methyl/N-ethyl adjacent to an activating group) is 1. The summed E-state index contributed by atoms with van der Waals surface area (Å²) in [7, 11) is 6.84. The minimum absolute atomic E-state index is 0.0201. The normalized spacial score (nSPS) is 23.0. The van der Waals surface area contributed by atoms with Crippen LogP contribution in [0.4, 0.5) is 0 Å². The van der Waals surface area contributed by atoms with Crippen LogP contribution in [0, 0.1) is 0 Å². The zero-order chi connectivity index (χ0) is 15.6. The summed E-state index contributed by atoms with van der Waals surface area (Å²) in [5.41, 5.74) is 0.897. The van der Waals surface area contributed by atoms with Crippen molar-refractivity contribution in [2.24, 2.45) is 0 Å². The highest BCUT2D eigenvalue weighted by atomic mass is 79.9. The third kappa shape index (κ3) is 3.12. The largest absolute Gasteiger partial charge is 0.496 e. The van der Waals surface area contributed by atoms with Crippen molar-refractivity contribution < 1.29 is 19.3 Å². The van der Waals surface area contributed by atoms with Gasteiger partial charge >= 0.3 is 0 Å². The first-order valence-corrected chi connectivity index (χ1v) is 7.67. The Balaban J connectivity index is 2.53. The van der Waals surface area contributed by atoms with Crippen LogP contribution in [0.2, 0.25) is 0 Å². The summed E-state index contributed by atoms with van der Waals surface area (Å²) < 4.78 is 17.1. The molecule has 0 spiro atoms. The monoisotopic (exact) mass is 359 g/mol. The predicted molar refractivity (Wildman–Crippen MR) is 84.7 cm³/mol. The number of halogens is 1. The zero-order valence-electron chi connectivity index (χ0n) is 12.9. The Labute approximate surface area is 133 Å². The highest BCUT2D eigenvalue weighted by molar-refractivity contribution is 9.10. The van der Waals surface area contributed by atoms with Gasteiger partial charge in [-0.05, 0) is 35.9 Å². The van der Waals surface area contributed by atoms with E-state index in [1.165, 1.54) is 0 Å². The molecule has 1 aliphatic rings. The number of hydrogen-bond acceptors (Lipinski definition) is 5. The van der Waals surface area contributed by atoms with Gasteiger partial charge in [-0.2, -0.15) is 0 Å². The Kier molecular flexibility index (Phi) is 5.35. The van der Waals surface area contributed by atoms with E-state index < -0.39 is 6.10 Å². The molecular weight excluding hydrogens is 338 g/mol. The van der Waals surface area contributed by atoms with Crippen LogP contribution in [0.3, 0.4) is 0 Å². The molecule has 2 rings (SSSR count). The van der Waals surface area contributed by atoms with Crippen LogP contribution in [-0.4, -0.2) is 57.6 Å². The average molecular weight is 360 g/mol. The first kappa shape index (κ1) is 16.4. The van der Waals surface area contributed by atoms with Crippen LogP contribution < -0.4 is 14.2 Å². The predicted octanol–water partition coefficient (Wildman–Crippen LogP) is 2.25. The molecule has 1 aromatic carbocycles. The molecule has 1 saturated heterocycles. The van der Waals surface area contributed by atoms with E-state index >= 15 is 0 Å². The van der Waals surface area contributed by atoms with E-state index in [1.54, 1.807) is 21.3 Å². The third-order valence-corrected chi connectivity index (χ3v) is 4.74. The maximum absolute atomic E-state index is 10.5. The summed E-state index contributed by atoms with van der Waals surface area (Å²) in [6.07, 6.45) is 0.398. The summed E-state index contributed by atoms with van der Waals surface area (Å²) >= 11 is 3.52. The second-order valence-electron chi connectivity index (χ2n) is 5.27. The first-order chi connectivity index (χ1) is 10.0. The first-order valence-electron chi connectivity index (χ1n) is 6.88. The molecule has 2 atom stereocenters. The molecule has 0 unspecified atom stereocenters. The lowest BCUT2D eigenvalue weighted by molar-refractivity contribution is 0.0619. The number of benzene rings is 1. The minimum atomic E-state index is -0.452. The molecule has 1 N–H and O–H groups in total. The molecule has 21 heavy (non-hydrogen) atoms. The number of rotatable bonds is 4. The molecule has 0 aliphatic carbocycles. The van der Waals surface area contributed by atoms with E-state index in [4.69, 9.17) is 14.2 Å². The molecule has 0 bridgehead atoms. The van der Waals surface area contributed by atoms with Gasteiger partial charge in [0.1, 0.15) is 21.7 Å². The molecule has 118 valence electrons. The van der Waals surface area contributed by atoms with Crippen molar-refractivity contribution in [3.63, 3.8) is 0 Å². The van der Waals surface area contributed by atoms with Gasteiger partial charge in [0.15, 0.2) is 0 Å². The fraction of sp³-hybridized carbons (Fsp3) is 0.600. The molecule has 5 nitrogen and oxygen atoms in total. The SMILES string of the molecule is COc1cc(OC)c([C@H]2CCN(C)C[C@H]2O)c(OC)c1Br. The van der Waals surface area contributed by atoms with Crippen molar-refractivity contribution in [1.82, 2.24) is 4.90 Å². The van der Waals surface area contributed by atoms with Gasteiger partial charge in [0.2, 0.25) is 0 Å². The Morgan fingerprint density at radius 3 is 2.38 bits per heavy atom. The fourth-order valence-corrected chi connectivity index (χ4v) is 3.55. The van der Waals surface area contributed by atoms with Crippen LogP contribution in [0.5, 0.6) is 17.2 Å². The van der Waals surface area contributed by atoms with Gasteiger partial charge in [-0.3, -0.25) is 0 Å². The third-order valence-electron chi connectivity index (χ3n) is 3.99. The molecule has 1 aromatic rings. The summed E-state index contributed by atoms with van der Waals surface area (Å²) in [5.74, 6) is 1.98. The number of aliphatic hydroxyl groups excluding tert-OH is 1. The summed E-state index contributed by atoms with van der Waals surface area (Å²) in [6, 6.07) is 1.83. The standard InChI is InChI=1S/C15H22BrNO4/c1-17-6-5-9(10(18)8-17)13-11(19-2)7-12(20-3)14(16)15(13)21-4/h7,9-10,18H,5-6,8H2,1-4H3/t9-,10+/m0/s1. The number of methoxy groups -OCH3 is 3. The van der Waals surface area contributed by atoms with Gasteiger partial charge in [-0.1, -0.05) is 0 Å². The molecule has 6 heteroatoms. The van der Waals surface area contributed by atoms with Gasteiger partial charge in [-0.25, -0.2) is 0 Å². The molecule has 0 aromatic heterocycles. The van der Waals surface area contributed by atoms with E-state index in [0.29, 0.717) is 23.8 Å². The number of β-amino-alcohol motifs (C(OH)–C–C–N with tert-alkyl or cyclic N) is 1. The van der Waals surface area contributed by atoms with E-state index in [9.17, 15) is 5.11 Å². The second kappa shape index (κ2) is 6.85. The van der Waals surface area contributed by atoms with Gasteiger partial charge in [0, 0.05) is 24.1 Å². The van der Waals surface area contributed by atoms with Crippen molar-refractivity contribution in [3.8, 4) is 17.2 Å². The minimum Gasteiger partial charge on any atom is -0.496 e. The lowest BCUT2D eigenvalue weighted by Gasteiger charge is -2.35. The zero-order valence-corrected chi connectivity index (χ0v) is 14.4. The van der Waals surface area contributed by atoms with Gasteiger partial charge in [-0.15, -0.1) is 0 Å². The number of aliphatic hydroxyl groups is 1. The van der Waals surface area contributed by atoms with Crippen LogP contribution >= 0.6 is 15.9 Å². The molecule has 1 aliphatic heterocycles. The van der Waals surface area contributed by atoms with Crippen molar-refractivity contribution >= 4 is 15.9 Å². The Morgan fingerprint density at radius 2 is 1.86 bits per heavy atom. The highest BCUT2D eigenvalue weighted by Crippen LogP contribution is 2.48. The summed E-state index contributed by atoms with van der Waals surface area (Å²) in [4.78, 5) is 2.12. The van der Waals surface area contributed by atoms with Crippen molar-refractivity contribution in [1.29, 1.82) is 0 Å². The lowest BCUT2D eigenvalue weighted by atomic mass is 9.86. The molecule has 0 amide bonds. The van der Waals surface area contributed by atoms with E-state index in [2.05, 4.69) is 20.8 Å². The number of hydrogen-bond donors (Lipinski definition) is 1. The quantitative estimate of drug-likeness (QED) is 0.893. The van der Waals surface area contributed by atoms with E-state index in [0.717, 1.165) is 23.0 Å². The smallest absolute Gasteiger partial charge is 0.144 e. The Morgan fingerprint density at radius 1 is 1.19 bits per heavy atom. The van der Waals surface area contributed by atoms with Crippen molar-refractivity contribution in [3.05, 3.63) is 16.1 Å². The summed E-state index contributed by atoms with van der Waals surface area (Å²) in [5, 5.41) is 10.5. The highest BCUT2D eigenvalue weighted by Gasteiger charge is 2.33. The van der Waals surface area contributed by atoms with Crippen LogP contribution in [0.25, 0.3) is 0 Å². The molecular formula is C15H22BrNO4. The number of likely N-dealkylation sites (tertiary alicyclic amines) is 1. The molecule has 0 radical (unpaired) electrons. The number of piperidine rings is 1. The van der Waals surface area contributed by atoms with Crippen LogP contribution in [-0.2, 0) is 0 Å². The number of ether oxygens (including phenoxy) is 3. The molecule has 1 fully saturated rings. The fourth-order valence-electron chi connectivity index (χ4n) is 2.90. The Hall–Kier alpha value is -0.980. The maximum atomic E-state index is 10.5. The summed E-state index contributed by atoms with van der Waals surface area (Å²) in [6.45, 7) is 1.57. The van der Waals surface area contributed by atoms with E-state index in [-0.39, 0.29) is 5.92 Å². The second-order valence-corrected chi connectivity index (χ2v) is 6.06. The maximum Gasteiger partial charge on any atom is 0.144 e. The molecule has 1 heterocycles. The van der Waals surface area contributed by atoms with Crippen molar-refractivity contribution in [2.75, 3.05) is 41.5 Å². The van der Waals surface area contributed by atoms with Crippen molar-refractivity contribution in [2.45, 2.75) is 18.4 Å². The van der Waals surface area contributed by atoms with Crippen LogP contribution in [0.15, 0.2) is 10.5 Å². The number of nitrogens with zero attached hydrogens (tertiary/aromatic N) is 1. The van der Waals surface area contributed by atoms with E-state index in [1.807, 2.05) is 13.1 Å². The molecule has 0 saturated carbocycles. The lowest BCUT2D eigenvalue weighted by Crippen LogP contribution is -2.40.